The monoisotopic (exact) mass is 441 g/mol. The molecule has 2 aromatic heterocycles. The van der Waals surface area contributed by atoms with Gasteiger partial charge in [0.15, 0.2) is 5.16 Å². The first-order chi connectivity index (χ1) is 14.5. The van der Waals surface area contributed by atoms with Crippen LogP contribution in [0.15, 0.2) is 39.6 Å². The summed E-state index contributed by atoms with van der Waals surface area (Å²) in [5.74, 6) is 0.432. The topological polar surface area (TPSA) is 55.2 Å². The molecule has 30 heavy (non-hydrogen) atoms. The third-order valence-electron chi connectivity index (χ3n) is 5.94. The maximum absolute atomic E-state index is 13.3. The molecule has 0 N–H and O–H groups in total. The Morgan fingerprint density at radius 2 is 2.07 bits per heavy atom. The highest BCUT2D eigenvalue weighted by Gasteiger charge is 2.26. The van der Waals surface area contributed by atoms with Gasteiger partial charge in [0.05, 0.1) is 17.0 Å². The van der Waals surface area contributed by atoms with Gasteiger partial charge in [-0.3, -0.25) is 14.2 Å². The van der Waals surface area contributed by atoms with Crippen LogP contribution >= 0.6 is 23.1 Å². The number of thioether (sulfide) groups is 1. The molecule has 3 heterocycles. The van der Waals surface area contributed by atoms with Crippen molar-refractivity contribution in [3.63, 3.8) is 0 Å². The van der Waals surface area contributed by atoms with Crippen LogP contribution in [-0.4, -0.2) is 38.7 Å². The Balaban J connectivity index is 1.68. The minimum atomic E-state index is -0.0717. The molecule has 1 aliphatic rings. The maximum Gasteiger partial charge on any atom is 0.276 e. The highest BCUT2D eigenvalue weighted by molar-refractivity contribution is 7.99. The summed E-state index contributed by atoms with van der Waals surface area (Å²) >= 11 is 2.77. The number of benzene rings is 1. The summed E-state index contributed by atoms with van der Waals surface area (Å²) in [7, 11) is 0. The molecule has 1 atom stereocenters. The van der Waals surface area contributed by atoms with Crippen molar-refractivity contribution in [1.29, 1.82) is 0 Å². The molecule has 7 heteroatoms. The Labute approximate surface area is 185 Å². The fourth-order valence-electron chi connectivity index (χ4n) is 4.04. The number of aromatic nitrogens is 2. The predicted molar refractivity (Wildman–Crippen MR) is 125 cm³/mol. The third kappa shape index (κ3) is 4.05. The van der Waals surface area contributed by atoms with Crippen molar-refractivity contribution in [2.75, 3.05) is 12.3 Å². The zero-order valence-corrected chi connectivity index (χ0v) is 19.3. The van der Waals surface area contributed by atoms with Crippen LogP contribution in [0.3, 0.4) is 0 Å². The summed E-state index contributed by atoms with van der Waals surface area (Å²) in [6, 6.07) is 8.20. The minimum absolute atomic E-state index is 0.0717. The minimum Gasteiger partial charge on any atom is -0.339 e. The van der Waals surface area contributed by atoms with Gasteiger partial charge in [-0.25, -0.2) is 4.98 Å². The molecule has 1 aromatic carbocycles. The molecule has 1 saturated heterocycles. The number of hydrogen-bond acceptors (Lipinski definition) is 5. The Kier molecular flexibility index (Phi) is 6.29. The second-order valence-electron chi connectivity index (χ2n) is 7.87. The number of likely N-dealkylation sites (tertiary alicyclic amines) is 1. The number of thiophene rings is 1. The quantitative estimate of drug-likeness (QED) is 0.415. The molecule has 3 aromatic rings. The summed E-state index contributed by atoms with van der Waals surface area (Å²) in [5.41, 5.74) is 3.72. The second-order valence-corrected chi connectivity index (χ2v) is 9.73. The summed E-state index contributed by atoms with van der Waals surface area (Å²) in [4.78, 5) is 33.0. The molecular formula is C23H27N3O2S2. The van der Waals surface area contributed by atoms with Gasteiger partial charge in [-0.1, -0.05) is 24.8 Å². The average molecular weight is 442 g/mol. The Bertz CT molecular complexity index is 1140. The van der Waals surface area contributed by atoms with Crippen LogP contribution in [0.4, 0.5) is 0 Å². The van der Waals surface area contributed by atoms with Crippen LogP contribution in [0.2, 0.25) is 0 Å². The van der Waals surface area contributed by atoms with Crippen molar-refractivity contribution in [3.05, 3.63) is 51.1 Å². The van der Waals surface area contributed by atoms with Gasteiger partial charge in [-0.05, 0) is 74.2 Å². The van der Waals surface area contributed by atoms with E-state index in [1.54, 1.807) is 4.57 Å². The first-order valence-electron chi connectivity index (χ1n) is 10.5. The molecule has 1 aliphatic heterocycles. The molecule has 1 fully saturated rings. The number of piperidine rings is 1. The Morgan fingerprint density at radius 1 is 1.23 bits per heavy atom. The smallest absolute Gasteiger partial charge is 0.276 e. The lowest BCUT2D eigenvalue weighted by molar-refractivity contribution is -0.132. The zero-order valence-electron chi connectivity index (χ0n) is 17.7. The number of rotatable bonds is 5. The number of amides is 1. The Morgan fingerprint density at radius 3 is 2.83 bits per heavy atom. The molecule has 158 valence electrons. The van der Waals surface area contributed by atoms with Crippen LogP contribution in [-0.2, 0) is 4.79 Å². The predicted octanol–water partition coefficient (Wildman–Crippen LogP) is 4.95. The van der Waals surface area contributed by atoms with Crippen molar-refractivity contribution in [2.45, 2.75) is 57.7 Å². The zero-order chi connectivity index (χ0) is 21.3. The van der Waals surface area contributed by atoms with E-state index in [4.69, 9.17) is 4.98 Å². The number of nitrogens with zero attached hydrogens (tertiary/aromatic N) is 3. The first-order valence-corrected chi connectivity index (χ1v) is 12.4. The van der Waals surface area contributed by atoms with Gasteiger partial charge in [-0.15, -0.1) is 11.3 Å². The molecule has 0 spiro atoms. The molecule has 4 rings (SSSR count). The van der Waals surface area contributed by atoms with Crippen LogP contribution in [0.1, 0.15) is 43.7 Å². The fourth-order valence-corrected chi connectivity index (χ4v) is 5.70. The van der Waals surface area contributed by atoms with Crippen LogP contribution in [0.5, 0.6) is 0 Å². The normalized spacial score (nSPS) is 16.9. The van der Waals surface area contributed by atoms with E-state index >= 15 is 0 Å². The second kappa shape index (κ2) is 8.94. The maximum atomic E-state index is 13.3. The number of carbonyl (C=O) groups excluding carboxylic acids is 1. The van der Waals surface area contributed by atoms with Gasteiger partial charge in [0, 0.05) is 12.6 Å². The molecule has 1 amide bonds. The van der Waals surface area contributed by atoms with E-state index in [-0.39, 0.29) is 11.5 Å². The van der Waals surface area contributed by atoms with Crippen molar-refractivity contribution < 1.29 is 4.79 Å². The average Bonchev–Trinajstić information content (AvgIpc) is 3.23. The molecular weight excluding hydrogens is 414 g/mol. The summed E-state index contributed by atoms with van der Waals surface area (Å²) in [6.07, 6.45) is 4.33. The molecule has 0 saturated carbocycles. The highest BCUT2D eigenvalue weighted by Crippen LogP contribution is 2.26. The lowest BCUT2D eigenvalue weighted by Gasteiger charge is -2.35. The number of carbonyl (C=O) groups is 1. The third-order valence-corrected chi connectivity index (χ3v) is 7.76. The SMILES string of the molecule is CCC1CCCCN1C(=O)CSc1nc2ccsc2c(=O)n1-c1ccc(C)c(C)c1. The number of aryl methyl sites for hydroxylation is 2. The van der Waals surface area contributed by atoms with Gasteiger partial charge in [0.1, 0.15) is 4.70 Å². The van der Waals surface area contributed by atoms with Gasteiger partial charge >= 0.3 is 0 Å². The van der Waals surface area contributed by atoms with Crippen LogP contribution < -0.4 is 5.56 Å². The van der Waals surface area contributed by atoms with Crippen molar-refractivity contribution >= 4 is 39.2 Å². The molecule has 1 unspecified atom stereocenters. The van der Waals surface area contributed by atoms with Crippen LogP contribution in [0, 0.1) is 13.8 Å². The van der Waals surface area contributed by atoms with E-state index < -0.39 is 0 Å². The first kappa shape index (κ1) is 21.1. The lowest BCUT2D eigenvalue weighted by atomic mass is 10.0. The van der Waals surface area contributed by atoms with E-state index in [1.165, 1.54) is 35.1 Å². The van der Waals surface area contributed by atoms with Gasteiger partial charge in [-0.2, -0.15) is 0 Å². The molecule has 0 aliphatic carbocycles. The van der Waals surface area contributed by atoms with Gasteiger partial charge in [0.25, 0.3) is 5.56 Å². The van der Waals surface area contributed by atoms with E-state index in [2.05, 4.69) is 13.8 Å². The van der Waals surface area contributed by atoms with Gasteiger partial charge in [0.2, 0.25) is 5.91 Å². The van der Waals surface area contributed by atoms with Crippen molar-refractivity contribution in [2.24, 2.45) is 0 Å². The van der Waals surface area contributed by atoms with E-state index in [9.17, 15) is 9.59 Å². The van der Waals surface area contributed by atoms with Crippen molar-refractivity contribution in [3.8, 4) is 5.69 Å². The highest BCUT2D eigenvalue weighted by atomic mass is 32.2. The fraction of sp³-hybridized carbons (Fsp3) is 0.435. The Hall–Kier alpha value is -2.12. The summed E-state index contributed by atoms with van der Waals surface area (Å²) in [5, 5.41) is 2.47. The lowest BCUT2D eigenvalue weighted by Crippen LogP contribution is -2.44. The van der Waals surface area contributed by atoms with E-state index in [0.717, 1.165) is 37.1 Å². The largest absolute Gasteiger partial charge is 0.339 e. The number of fused-ring (bicyclic) bond motifs is 1. The summed E-state index contributed by atoms with van der Waals surface area (Å²) in [6.45, 7) is 7.07. The van der Waals surface area contributed by atoms with E-state index in [1.807, 2.05) is 41.5 Å². The molecule has 0 bridgehead atoms. The molecule has 5 nitrogen and oxygen atoms in total. The number of hydrogen-bond donors (Lipinski definition) is 0. The van der Waals surface area contributed by atoms with Gasteiger partial charge < -0.3 is 4.90 Å². The van der Waals surface area contributed by atoms with Crippen molar-refractivity contribution in [1.82, 2.24) is 14.5 Å². The standard InChI is InChI=1S/C23H27N3O2S2/c1-4-17-7-5-6-11-25(17)20(27)14-30-23-24-19-10-12-29-21(19)22(28)26(23)18-9-8-15(2)16(3)13-18/h8-10,12-13,17H,4-7,11,14H2,1-3H3. The van der Waals surface area contributed by atoms with Crippen LogP contribution in [0.25, 0.3) is 15.9 Å². The summed E-state index contributed by atoms with van der Waals surface area (Å²) < 4.78 is 2.31. The molecule has 0 radical (unpaired) electrons. The van der Waals surface area contributed by atoms with E-state index in [0.29, 0.717) is 27.2 Å².